The van der Waals surface area contributed by atoms with Crippen LogP contribution in [0.3, 0.4) is 0 Å². The lowest BCUT2D eigenvalue weighted by Crippen LogP contribution is -2.35. The Balaban J connectivity index is 2.80. The zero-order valence-corrected chi connectivity index (χ0v) is 12.0. The first kappa shape index (κ1) is 15.7. The van der Waals surface area contributed by atoms with Crippen LogP contribution in [0.5, 0.6) is 0 Å². The highest BCUT2D eigenvalue weighted by Gasteiger charge is 2.41. The Bertz CT molecular complexity index is 337. The molecule has 0 aliphatic heterocycles. The molecular formula is C14H22O5. The van der Waals surface area contributed by atoms with Gasteiger partial charge in [-0.2, -0.15) is 0 Å². The minimum Gasteiger partial charge on any atom is -0.462 e. The zero-order valence-electron chi connectivity index (χ0n) is 12.0. The molecule has 0 N–H and O–H groups in total. The van der Waals surface area contributed by atoms with E-state index in [2.05, 4.69) is 0 Å². The second-order valence-corrected chi connectivity index (χ2v) is 5.49. The fourth-order valence-electron chi connectivity index (χ4n) is 2.22. The summed E-state index contributed by atoms with van der Waals surface area (Å²) in [6.07, 6.45) is 0.637. The van der Waals surface area contributed by atoms with Crippen LogP contribution in [-0.4, -0.2) is 29.9 Å². The molecule has 0 unspecified atom stereocenters. The van der Waals surface area contributed by atoms with Crippen molar-refractivity contribution in [2.24, 2.45) is 11.8 Å². The van der Waals surface area contributed by atoms with E-state index >= 15 is 0 Å². The first-order valence-electron chi connectivity index (χ1n) is 6.74. The standard InChI is InChI=1S/C14H22O5/c1-8(2)18-13(16)12(14(17)19-9(3)4)10-5-6-11(15)7-10/h8-10,12H,5-7H2,1-4H3/t10-/m0/s1. The number of ether oxygens (including phenoxy) is 2. The predicted molar refractivity (Wildman–Crippen MR) is 68.3 cm³/mol. The van der Waals surface area contributed by atoms with Crippen LogP contribution in [0.2, 0.25) is 0 Å². The van der Waals surface area contributed by atoms with Crippen molar-refractivity contribution in [1.29, 1.82) is 0 Å². The lowest BCUT2D eigenvalue weighted by Gasteiger charge is -2.22. The number of carbonyl (C=O) groups is 3. The van der Waals surface area contributed by atoms with Crippen molar-refractivity contribution < 1.29 is 23.9 Å². The monoisotopic (exact) mass is 270 g/mol. The molecule has 0 amide bonds. The molecule has 0 aromatic heterocycles. The number of hydrogen-bond acceptors (Lipinski definition) is 5. The van der Waals surface area contributed by atoms with Crippen LogP contribution in [0.1, 0.15) is 47.0 Å². The molecule has 0 spiro atoms. The highest BCUT2D eigenvalue weighted by atomic mass is 16.6. The van der Waals surface area contributed by atoms with Gasteiger partial charge in [0.05, 0.1) is 12.2 Å². The number of Topliss-reactive ketones (excluding diaryl/α,β-unsaturated/α-hetero) is 1. The van der Waals surface area contributed by atoms with Gasteiger partial charge in [0, 0.05) is 12.8 Å². The van der Waals surface area contributed by atoms with Crippen molar-refractivity contribution in [2.75, 3.05) is 0 Å². The summed E-state index contributed by atoms with van der Waals surface area (Å²) in [4.78, 5) is 35.4. The summed E-state index contributed by atoms with van der Waals surface area (Å²) in [6.45, 7) is 6.90. The summed E-state index contributed by atoms with van der Waals surface area (Å²) in [5.41, 5.74) is 0. The molecule has 0 bridgehead atoms. The molecule has 19 heavy (non-hydrogen) atoms. The number of esters is 2. The summed E-state index contributed by atoms with van der Waals surface area (Å²) in [6, 6.07) is 0. The first-order chi connectivity index (χ1) is 8.81. The first-order valence-corrected chi connectivity index (χ1v) is 6.74. The molecule has 5 nitrogen and oxygen atoms in total. The molecule has 0 aromatic carbocycles. The molecule has 1 aliphatic carbocycles. The molecule has 1 fully saturated rings. The summed E-state index contributed by atoms with van der Waals surface area (Å²) in [5, 5.41) is 0. The number of hydrogen-bond donors (Lipinski definition) is 0. The largest absolute Gasteiger partial charge is 0.462 e. The maximum absolute atomic E-state index is 12.0. The number of carbonyl (C=O) groups excluding carboxylic acids is 3. The zero-order chi connectivity index (χ0) is 14.6. The second-order valence-electron chi connectivity index (χ2n) is 5.49. The Morgan fingerprint density at radius 2 is 1.53 bits per heavy atom. The van der Waals surface area contributed by atoms with Gasteiger partial charge in [0.1, 0.15) is 5.78 Å². The molecule has 0 aromatic rings. The van der Waals surface area contributed by atoms with Crippen molar-refractivity contribution in [1.82, 2.24) is 0 Å². The third-order valence-electron chi connectivity index (χ3n) is 2.97. The second kappa shape index (κ2) is 6.68. The minimum absolute atomic E-state index is 0.0877. The quantitative estimate of drug-likeness (QED) is 0.563. The van der Waals surface area contributed by atoms with Crippen molar-refractivity contribution in [2.45, 2.75) is 59.2 Å². The maximum atomic E-state index is 12.0. The van der Waals surface area contributed by atoms with Crippen molar-refractivity contribution in [3.05, 3.63) is 0 Å². The van der Waals surface area contributed by atoms with E-state index in [1.165, 1.54) is 0 Å². The fraction of sp³-hybridized carbons (Fsp3) is 0.786. The van der Waals surface area contributed by atoms with Crippen LogP contribution in [0.15, 0.2) is 0 Å². The lowest BCUT2D eigenvalue weighted by atomic mass is 9.91. The van der Waals surface area contributed by atoms with Crippen LogP contribution >= 0.6 is 0 Å². The van der Waals surface area contributed by atoms with Gasteiger partial charge in [0.25, 0.3) is 0 Å². The van der Waals surface area contributed by atoms with E-state index in [4.69, 9.17) is 9.47 Å². The van der Waals surface area contributed by atoms with Gasteiger partial charge in [-0.05, 0) is 40.0 Å². The number of ketones is 1. The highest BCUT2D eigenvalue weighted by molar-refractivity contribution is 5.96. The molecule has 5 heteroatoms. The van der Waals surface area contributed by atoms with E-state index in [-0.39, 0.29) is 30.3 Å². The van der Waals surface area contributed by atoms with Crippen molar-refractivity contribution >= 4 is 17.7 Å². The number of rotatable bonds is 5. The van der Waals surface area contributed by atoms with Gasteiger partial charge in [-0.3, -0.25) is 14.4 Å². The maximum Gasteiger partial charge on any atom is 0.320 e. The Labute approximate surface area is 113 Å². The Morgan fingerprint density at radius 1 is 1.05 bits per heavy atom. The van der Waals surface area contributed by atoms with E-state index in [0.717, 1.165) is 0 Å². The van der Waals surface area contributed by atoms with Crippen LogP contribution in [0.25, 0.3) is 0 Å². The van der Waals surface area contributed by atoms with Gasteiger partial charge < -0.3 is 9.47 Å². The van der Waals surface area contributed by atoms with Crippen molar-refractivity contribution in [3.63, 3.8) is 0 Å². The molecular weight excluding hydrogens is 248 g/mol. The van der Waals surface area contributed by atoms with Gasteiger partial charge in [0.15, 0.2) is 5.92 Å². The summed E-state index contributed by atoms with van der Waals surface area (Å²) in [7, 11) is 0. The molecule has 0 heterocycles. The minimum atomic E-state index is -0.976. The topological polar surface area (TPSA) is 69.7 Å². The average molecular weight is 270 g/mol. The van der Waals surface area contributed by atoms with Crippen LogP contribution in [-0.2, 0) is 23.9 Å². The summed E-state index contributed by atoms with van der Waals surface area (Å²) >= 11 is 0. The third kappa shape index (κ3) is 4.65. The van der Waals surface area contributed by atoms with Crippen LogP contribution in [0, 0.1) is 11.8 Å². The highest BCUT2D eigenvalue weighted by Crippen LogP contribution is 2.31. The molecule has 108 valence electrons. The van der Waals surface area contributed by atoms with E-state index < -0.39 is 17.9 Å². The normalized spacial score (nSPS) is 19.3. The van der Waals surface area contributed by atoms with Gasteiger partial charge in [0.2, 0.25) is 0 Å². The van der Waals surface area contributed by atoms with Gasteiger partial charge in [-0.1, -0.05) is 0 Å². The van der Waals surface area contributed by atoms with E-state index in [1.807, 2.05) is 0 Å². The van der Waals surface area contributed by atoms with E-state index in [1.54, 1.807) is 27.7 Å². The summed E-state index contributed by atoms with van der Waals surface area (Å²) < 4.78 is 10.2. The van der Waals surface area contributed by atoms with Crippen molar-refractivity contribution in [3.8, 4) is 0 Å². The molecule has 0 radical (unpaired) electrons. The molecule has 1 atom stereocenters. The Morgan fingerprint density at radius 3 is 1.84 bits per heavy atom. The van der Waals surface area contributed by atoms with Gasteiger partial charge in [-0.15, -0.1) is 0 Å². The van der Waals surface area contributed by atoms with E-state index in [0.29, 0.717) is 12.8 Å². The SMILES string of the molecule is CC(C)OC(=O)C(C(=O)OC(C)C)[C@H]1CCC(=O)C1. The smallest absolute Gasteiger partial charge is 0.320 e. The predicted octanol–water partition coefficient (Wildman–Crippen LogP) is 1.87. The fourth-order valence-corrected chi connectivity index (χ4v) is 2.22. The lowest BCUT2D eigenvalue weighted by molar-refractivity contribution is -0.169. The Hall–Kier alpha value is -1.39. The van der Waals surface area contributed by atoms with Gasteiger partial charge >= 0.3 is 11.9 Å². The van der Waals surface area contributed by atoms with E-state index in [9.17, 15) is 14.4 Å². The molecule has 1 aliphatic rings. The van der Waals surface area contributed by atoms with Crippen LogP contribution < -0.4 is 0 Å². The average Bonchev–Trinajstić information content (AvgIpc) is 2.62. The molecule has 1 rings (SSSR count). The van der Waals surface area contributed by atoms with Crippen LogP contribution in [0.4, 0.5) is 0 Å². The third-order valence-corrected chi connectivity index (χ3v) is 2.97. The molecule has 0 saturated heterocycles. The van der Waals surface area contributed by atoms with Gasteiger partial charge in [-0.25, -0.2) is 0 Å². The molecule has 1 saturated carbocycles. The summed E-state index contributed by atoms with van der Waals surface area (Å²) in [5.74, 6) is -2.34. The Kier molecular flexibility index (Phi) is 5.51.